The van der Waals surface area contributed by atoms with E-state index in [4.69, 9.17) is 0 Å². The Bertz CT molecular complexity index is 582. The zero-order valence-corrected chi connectivity index (χ0v) is 16.8. The molecule has 7 nitrogen and oxygen atoms in total. The first-order valence-electron chi connectivity index (χ1n) is 10.6. The molecule has 0 radical (unpaired) electrons. The van der Waals surface area contributed by atoms with Crippen molar-refractivity contribution in [1.82, 2.24) is 19.6 Å². The molecule has 1 saturated carbocycles. The zero-order valence-electron chi connectivity index (χ0n) is 16.8. The third-order valence-electron chi connectivity index (χ3n) is 7.61. The molecule has 1 atom stereocenters. The van der Waals surface area contributed by atoms with Gasteiger partial charge in [-0.05, 0) is 69.4 Å². The highest BCUT2D eigenvalue weighted by atomic mass is 16.4. The summed E-state index contributed by atoms with van der Waals surface area (Å²) in [6.45, 7) is 4.62. The Morgan fingerprint density at radius 1 is 1.04 bits per heavy atom. The number of likely N-dealkylation sites (tertiary alicyclic amines) is 3. The topological polar surface area (TPSA) is 67.3 Å². The van der Waals surface area contributed by atoms with Crippen LogP contribution < -0.4 is 0 Å². The molecule has 3 saturated heterocycles. The van der Waals surface area contributed by atoms with Crippen LogP contribution in [0.5, 0.6) is 0 Å². The van der Waals surface area contributed by atoms with Gasteiger partial charge in [0.2, 0.25) is 0 Å². The fourth-order valence-electron chi connectivity index (χ4n) is 6.08. The normalized spacial score (nSPS) is 34.9. The van der Waals surface area contributed by atoms with Crippen molar-refractivity contribution >= 4 is 12.1 Å². The summed E-state index contributed by atoms with van der Waals surface area (Å²) < 4.78 is 0. The second-order valence-electron chi connectivity index (χ2n) is 9.47. The molecule has 1 aliphatic carbocycles. The molecule has 152 valence electrons. The van der Waals surface area contributed by atoms with E-state index in [0.717, 1.165) is 58.3 Å². The maximum absolute atomic E-state index is 12.4. The highest BCUT2D eigenvalue weighted by Gasteiger charge is 2.51. The minimum atomic E-state index is -0.760. The summed E-state index contributed by atoms with van der Waals surface area (Å²) in [7, 11) is 3.70. The standard InChI is InChI=1S/C20H34N4O3/c1-21(2)18(25)24-8-3-4-17(24)15-5-9-22(10-6-15)16-12-20(13-16)7-11-23(14-20)19(26)27/h15-17H,3-14H2,1-2H3,(H,26,27)/t16?,17-,20?/m0/s1. The largest absolute Gasteiger partial charge is 0.465 e. The molecule has 4 rings (SSSR count). The van der Waals surface area contributed by atoms with Crippen LogP contribution in [0.1, 0.15) is 44.9 Å². The van der Waals surface area contributed by atoms with E-state index in [1.54, 1.807) is 9.80 Å². The summed E-state index contributed by atoms with van der Waals surface area (Å²) in [5, 5.41) is 9.19. The van der Waals surface area contributed by atoms with E-state index < -0.39 is 6.09 Å². The lowest BCUT2D eigenvalue weighted by molar-refractivity contribution is -0.0141. The van der Waals surface area contributed by atoms with Gasteiger partial charge in [-0.1, -0.05) is 0 Å². The van der Waals surface area contributed by atoms with Gasteiger partial charge in [0.05, 0.1) is 0 Å². The number of urea groups is 1. The summed E-state index contributed by atoms with van der Waals surface area (Å²) in [6, 6.07) is 1.24. The second kappa shape index (κ2) is 7.15. The zero-order chi connectivity index (χ0) is 19.2. The highest BCUT2D eigenvalue weighted by Crippen LogP contribution is 2.50. The quantitative estimate of drug-likeness (QED) is 0.801. The van der Waals surface area contributed by atoms with Gasteiger partial charge in [-0.15, -0.1) is 0 Å². The van der Waals surface area contributed by atoms with Crippen LogP contribution in [0.2, 0.25) is 0 Å². The Kier molecular flexibility index (Phi) is 4.99. The Morgan fingerprint density at radius 3 is 2.33 bits per heavy atom. The van der Waals surface area contributed by atoms with E-state index in [9.17, 15) is 14.7 Å². The minimum absolute atomic E-state index is 0.171. The fourth-order valence-corrected chi connectivity index (χ4v) is 6.08. The number of rotatable bonds is 2. The van der Waals surface area contributed by atoms with Crippen LogP contribution in [0.15, 0.2) is 0 Å². The molecule has 3 heterocycles. The minimum Gasteiger partial charge on any atom is -0.465 e. The van der Waals surface area contributed by atoms with Crippen LogP contribution in [0.4, 0.5) is 9.59 Å². The van der Waals surface area contributed by atoms with Crippen molar-refractivity contribution < 1.29 is 14.7 Å². The van der Waals surface area contributed by atoms with E-state index in [1.807, 2.05) is 14.1 Å². The molecule has 4 fully saturated rings. The third kappa shape index (κ3) is 3.50. The SMILES string of the molecule is CN(C)C(=O)N1CCC[C@H]1C1CCN(C2CC3(CCN(C(=O)O)C3)C2)CC1. The van der Waals surface area contributed by atoms with Crippen molar-refractivity contribution in [2.45, 2.75) is 57.0 Å². The molecule has 3 amide bonds. The Morgan fingerprint density at radius 2 is 1.74 bits per heavy atom. The van der Waals surface area contributed by atoms with E-state index >= 15 is 0 Å². The lowest BCUT2D eigenvalue weighted by Crippen LogP contribution is -2.55. The summed E-state index contributed by atoms with van der Waals surface area (Å²) in [5.41, 5.74) is 0.264. The Labute approximate surface area is 162 Å². The van der Waals surface area contributed by atoms with Crippen molar-refractivity contribution in [3.8, 4) is 0 Å². The van der Waals surface area contributed by atoms with Crippen molar-refractivity contribution in [1.29, 1.82) is 0 Å². The van der Waals surface area contributed by atoms with E-state index in [-0.39, 0.29) is 11.4 Å². The third-order valence-corrected chi connectivity index (χ3v) is 7.61. The molecule has 3 aliphatic heterocycles. The fraction of sp³-hybridized carbons (Fsp3) is 0.900. The first-order valence-corrected chi connectivity index (χ1v) is 10.6. The number of hydrogen-bond donors (Lipinski definition) is 1. The van der Waals surface area contributed by atoms with Crippen LogP contribution in [0, 0.1) is 11.3 Å². The number of piperidine rings is 1. The molecule has 0 aromatic heterocycles. The Hall–Kier alpha value is -1.50. The van der Waals surface area contributed by atoms with E-state index in [0.29, 0.717) is 24.5 Å². The molecule has 0 aromatic rings. The summed E-state index contributed by atoms with van der Waals surface area (Å²) in [5.74, 6) is 0.635. The van der Waals surface area contributed by atoms with Gasteiger partial charge in [-0.3, -0.25) is 0 Å². The van der Waals surface area contributed by atoms with Crippen LogP contribution in [-0.4, -0.2) is 95.7 Å². The molecule has 4 aliphatic rings. The van der Waals surface area contributed by atoms with Gasteiger partial charge in [-0.2, -0.15) is 0 Å². The number of carboxylic acid groups (broad SMARTS) is 1. The lowest BCUT2D eigenvalue weighted by Gasteiger charge is -2.52. The predicted molar refractivity (Wildman–Crippen MR) is 103 cm³/mol. The van der Waals surface area contributed by atoms with Crippen molar-refractivity contribution in [3.05, 3.63) is 0 Å². The summed E-state index contributed by atoms with van der Waals surface area (Å²) in [4.78, 5) is 31.7. The number of nitrogens with zero attached hydrogens (tertiary/aromatic N) is 4. The van der Waals surface area contributed by atoms with Crippen LogP contribution >= 0.6 is 0 Å². The van der Waals surface area contributed by atoms with Crippen molar-refractivity contribution in [3.63, 3.8) is 0 Å². The first kappa shape index (κ1) is 18.8. The Balaban J connectivity index is 1.26. The lowest BCUT2D eigenvalue weighted by atomic mass is 9.64. The van der Waals surface area contributed by atoms with Gasteiger partial charge in [0.15, 0.2) is 0 Å². The molecular weight excluding hydrogens is 344 g/mol. The summed E-state index contributed by atoms with van der Waals surface area (Å²) >= 11 is 0. The average Bonchev–Trinajstić information content (AvgIpc) is 3.27. The van der Waals surface area contributed by atoms with Gasteiger partial charge in [0.25, 0.3) is 0 Å². The summed E-state index contributed by atoms with van der Waals surface area (Å²) in [6.07, 6.45) is 7.27. The smallest absolute Gasteiger partial charge is 0.407 e. The van der Waals surface area contributed by atoms with E-state index in [1.165, 1.54) is 12.8 Å². The van der Waals surface area contributed by atoms with Gasteiger partial charge in [0.1, 0.15) is 0 Å². The molecule has 0 aromatic carbocycles. The molecule has 1 spiro atoms. The maximum atomic E-state index is 12.4. The predicted octanol–water partition coefficient (Wildman–Crippen LogP) is 2.38. The molecule has 1 N–H and O–H groups in total. The van der Waals surface area contributed by atoms with Crippen LogP contribution in [0.25, 0.3) is 0 Å². The molecule has 27 heavy (non-hydrogen) atoms. The van der Waals surface area contributed by atoms with E-state index in [2.05, 4.69) is 9.80 Å². The molecular formula is C20H34N4O3. The van der Waals surface area contributed by atoms with Crippen molar-refractivity contribution in [2.24, 2.45) is 11.3 Å². The van der Waals surface area contributed by atoms with Gasteiger partial charge in [-0.25, -0.2) is 9.59 Å². The first-order chi connectivity index (χ1) is 12.9. The highest BCUT2D eigenvalue weighted by molar-refractivity contribution is 5.74. The molecule has 0 unspecified atom stereocenters. The number of carbonyl (C=O) groups is 2. The van der Waals surface area contributed by atoms with Crippen LogP contribution in [-0.2, 0) is 0 Å². The van der Waals surface area contributed by atoms with Crippen LogP contribution in [0.3, 0.4) is 0 Å². The monoisotopic (exact) mass is 378 g/mol. The van der Waals surface area contributed by atoms with Gasteiger partial charge >= 0.3 is 12.1 Å². The van der Waals surface area contributed by atoms with Gasteiger partial charge in [0, 0.05) is 45.8 Å². The average molecular weight is 379 g/mol. The second-order valence-corrected chi connectivity index (χ2v) is 9.47. The molecule has 0 bridgehead atoms. The number of amides is 3. The van der Waals surface area contributed by atoms with Gasteiger partial charge < -0.3 is 24.7 Å². The van der Waals surface area contributed by atoms with Crippen molar-refractivity contribution in [2.75, 3.05) is 46.8 Å². The number of hydrogen-bond acceptors (Lipinski definition) is 3. The maximum Gasteiger partial charge on any atom is 0.407 e. The number of carbonyl (C=O) groups excluding carboxylic acids is 1. The molecule has 7 heteroatoms.